The topological polar surface area (TPSA) is 177 Å². The van der Waals surface area contributed by atoms with Gasteiger partial charge in [-0.2, -0.15) is 0 Å². The van der Waals surface area contributed by atoms with Crippen LogP contribution in [0.5, 0.6) is 0 Å². The molecule has 30 heavy (non-hydrogen) atoms. The molecule has 0 radical (unpaired) electrons. The number of nitrogens with one attached hydrogen (secondary N) is 1. The molecule has 1 aromatic carbocycles. The number of carbonyl (C=O) groups is 2. The third-order valence-electron chi connectivity index (χ3n) is 4.25. The number of amides is 1. The molecule has 0 aromatic heterocycles. The maximum atomic E-state index is 12.8. The van der Waals surface area contributed by atoms with Gasteiger partial charge < -0.3 is 26.8 Å². The molecule has 3 unspecified atom stereocenters. The van der Waals surface area contributed by atoms with Gasteiger partial charge in [0.05, 0.1) is 0 Å². The summed E-state index contributed by atoms with van der Waals surface area (Å²) in [5, 5.41) is 11.9. The zero-order valence-corrected chi connectivity index (χ0v) is 18.1. The SMILES string of the molecule is CC(C)C(NC(=O)CCc1ccccc1)P(=O)(O)OC(CCCN=C(N)N)C(=O)O.[HH]. The van der Waals surface area contributed by atoms with Crippen molar-refractivity contribution in [3.8, 4) is 0 Å². The summed E-state index contributed by atoms with van der Waals surface area (Å²) in [5.74, 6) is -3.63. The van der Waals surface area contributed by atoms with E-state index in [-0.39, 0.29) is 33.2 Å². The molecular formula is C19H33N4O6P. The highest BCUT2D eigenvalue weighted by Gasteiger charge is 2.40. The summed E-state index contributed by atoms with van der Waals surface area (Å²) in [6, 6.07) is 9.35. The van der Waals surface area contributed by atoms with E-state index in [2.05, 4.69) is 10.3 Å². The molecule has 0 fully saturated rings. The summed E-state index contributed by atoms with van der Waals surface area (Å²) in [6.07, 6.45) is -0.767. The Bertz CT molecular complexity index is 774. The van der Waals surface area contributed by atoms with E-state index in [0.717, 1.165) is 5.56 Å². The lowest BCUT2D eigenvalue weighted by atomic mass is 10.1. The number of hydrogen-bond acceptors (Lipinski definition) is 5. The normalized spacial score (nSPS) is 15.1. The Hall–Kier alpha value is -2.42. The first kappa shape index (κ1) is 25.6. The van der Waals surface area contributed by atoms with Gasteiger partial charge in [-0.15, -0.1) is 0 Å². The minimum Gasteiger partial charge on any atom is -0.479 e. The van der Waals surface area contributed by atoms with Crippen molar-refractivity contribution in [3.63, 3.8) is 0 Å². The van der Waals surface area contributed by atoms with Crippen LogP contribution >= 0.6 is 7.60 Å². The molecule has 1 aromatic rings. The van der Waals surface area contributed by atoms with Crippen LogP contribution in [-0.2, 0) is 25.1 Å². The number of aliphatic carboxylic acids is 1. The highest BCUT2D eigenvalue weighted by molar-refractivity contribution is 7.53. The standard InChI is InChI=1S/C19H31N4O6P.H2/c1-13(2)17(23-16(24)11-10-14-7-4-3-5-8-14)30(27,28)29-15(18(25)26)9-6-12-22-19(20)21;/h3-5,7-8,13,15,17H,6,9-12H2,1-2H3,(H,23,24)(H,25,26)(H,27,28)(H4,20,21,22);1H. The van der Waals surface area contributed by atoms with Crippen molar-refractivity contribution in [2.75, 3.05) is 6.54 Å². The Morgan fingerprint density at radius 1 is 1.27 bits per heavy atom. The maximum Gasteiger partial charge on any atom is 0.351 e. The average molecular weight is 444 g/mol. The molecule has 170 valence electrons. The van der Waals surface area contributed by atoms with Crippen LogP contribution in [0.1, 0.15) is 40.1 Å². The molecule has 1 rings (SSSR count). The molecular weight excluding hydrogens is 411 g/mol. The summed E-state index contributed by atoms with van der Waals surface area (Å²) in [7, 11) is -4.48. The molecule has 0 aliphatic carbocycles. The van der Waals surface area contributed by atoms with Gasteiger partial charge in [0.15, 0.2) is 12.1 Å². The molecule has 1 amide bonds. The molecule has 11 heteroatoms. The van der Waals surface area contributed by atoms with E-state index in [4.69, 9.17) is 16.0 Å². The van der Waals surface area contributed by atoms with Gasteiger partial charge in [-0.3, -0.25) is 18.9 Å². The van der Waals surface area contributed by atoms with Crippen LogP contribution in [0, 0.1) is 5.92 Å². The zero-order valence-electron chi connectivity index (χ0n) is 17.2. The smallest absolute Gasteiger partial charge is 0.351 e. The Morgan fingerprint density at radius 2 is 1.90 bits per heavy atom. The lowest BCUT2D eigenvalue weighted by Gasteiger charge is -2.28. The molecule has 10 nitrogen and oxygen atoms in total. The van der Waals surface area contributed by atoms with Crippen molar-refractivity contribution < 1.29 is 30.1 Å². The van der Waals surface area contributed by atoms with E-state index in [0.29, 0.717) is 6.42 Å². The van der Waals surface area contributed by atoms with E-state index in [1.807, 2.05) is 30.3 Å². The summed E-state index contributed by atoms with van der Waals surface area (Å²) in [6.45, 7) is 3.45. The quantitative estimate of drug-likeness (QED) is 0.132. The van der Waals surface area contributed by atoms with Gasteiger partial charge in [0.1, 0.15) is 5.78 Å². The van der Waals surface area contributed by atoms with Crippen LogP contribution in [0.2, 0.25) is 0 Å². The Labute approximate surface area is 177 Å². The first-order chi connectivity index (χ1) is 14.0. The monoisotopic (exact) mass is 444 g/mol. The first-order valence-corrected chi connectivity index (χ1v) is 11.3. The van der Waals surface area contributed by atoms with Crippen molar-refractivity contribution >= 4 is 25.4 Å². The number of carboxylic acid groups (broad SMARTS) is 1. The van der Waals surface area contributed by atoms with Crippen molar-refractivity contribution in [3.05, 3.63) is 35.9 Å². The van der Waals surface area contributed by atoms with Crippen molar-refractivity contribution in [1.82, 2.24) is 5.32 Å². The zero-order chi connectivity index (χ0) is 22.7. The summed E-state index contributed by atoms with van der Waals surface area (Å²) >= 11 is 0. The summed E-state index contributed by atoms with van der Waals surface area (Å²) in [5.41, 5.74) is 11.4. The fourth-order valence-electron chi connectivity index (χ4n) is 2.72. The van der Waals surface area contributed by atoms with Crippen LogP contribution in [0.25, 0.3) is 0 Å². The molecule has 0 heterocycles. The number of aliphatic imine (C=N–C) groups is 1. The second kappa shape index (κ2) is 12.3. The van der Waals surface area contributed by atoms with Crippen LogP contribution in [0.3, 0.4) is 0 Å². The first-order valence-electron chi connectivity index (χ1n) is 9.65. The molecule has 3 atom stereocenters. The lowest BCUT2D eigenvalue weighted by molar-refractivity contribution is -0.145. The van der Waals surface area contributed by atoms with Gasteiger partial charge >= 0.3 is 13.6 Å². The van der Waals surface area contributed by atoms with Crippen LogP contribution in [0.4, 0.5) is 0 Å². The molecule has 0 bridgehead atoms. The number of benzene rings is 1. The fraction of sp³-hybridized carbons (Fsp3) is 0.526. The third kappa shape index (κ3) is 9.39. The van der Waals surface area contributed by atoms with E-state index in [1.165, 1.54) is 0 Å². The van der Waals surface area contributed by atoms with Crippen molar-refractivity contribution in [2.45, 2.75) is 51.4 Å². The van der Waals surface area contributed by atoms with Crippen LogP contribution in [-0.4, -0.2) is 46.3 Å². The van der Waals surface area contributed by atoms with E-state index in [1.54, 1.807) is 13.8 Å². The number of carbonyl (C=O) groups excluding carboxylic acids is 1. The molecule has 0 saturated heterocycles. The van der Waals surface area contributed by atoms with Gasteiger partial charge in [0, 0.05) is 14.4 Å². The minimum atomic E-state index is -4.48. The van der Waals surface area contributed by atoms with Gasteiger partial charge in [-0.25, -0.2) is 4.79 Å². The van der Waals surface area contributed by atoms with Gasteiger partial charge in [-0.05, 0) is 30.7 Å². The number of guanidine groups is 1. The predicted octanol–water partition coefficient (Wildman–Crippen LogP) is 1.67. The Morgan fingerprint density at radius 3 is 2.43 bits per heavy atom. The maximum absolute atomic E-state index is 12.8. The van der Waals surface area contributed by atoms with E-state index >= 15 is 0 Å². The highest BCUT2D eigenvalue weighted by atomic mass is 31.2. The number of aryl methyl sites for hydroxylation is 1. The van der Waals surface area contributed by atoms with E-state index in [9.17, 15) is 24.2 Å². The summed E-state index contributed by atoms with van der Waals surface area (Å²) < 4.78 is 17.9. The highest BCUT2D eigenvalue weighted by Crippen LogP contribution is 2.50. The van der Waals surface area contributed by atoms with Gasteiger partial charge in [0.25, 0.3) is 0 Å². The van der Waals surface area contributed by atoms with Gasteiger partial charge in [0.2, 0.25) is 5.91 Å². The number of nitrogens with two attached hydrogens (primary N) is 2. The Balaban J connectivity index is 0.00000900. The minimum absolute atomic E-state index is 0. The van der Waals surface area contributed by atoms with Crippen LogP contribution in [0.15, 0.2) is 35.3 Å². The molecule has 0 aliphatic heterocycles. The molecule has 0 spiro atoms. The molecule has 0 saturated carbocycles. The Kier molecular flexibility index (Phi) is 10.5. The lowest BCUT2D eigenvalue weighted by Crippen LogP contribution is -2.40. The largest absolute Gasteiger partial charge is 0.479 e. The number of hydrogen-bond donors (Lipinski definition) is 5. The number of nitrogens with zero attached hydrogens (tertiary/aromatic N) is 1. The molecule has 0 aliphatic rings. The van der Waals surface area contributed by atoms with Crippen molar-refractivity contribution in [2.24, 2.45) is 22.4 Å². The predicted molar refractivity (Wildman–Crippen MR) is 116 cm³/mol. The fourth-order valence-corrected chi connectivity index (χ4v) is 4.47. The average Bonchev–Trinajstić information content (AvgIpc) is 2.66. The van der Waals surface area contributed by atoms with Crippen LogP contribution < -0.4 is 16.8 Å². The second-order valence-corrected chi connectivity index (χ2v) is 9.08. The van der Waals surface area contributed by atoms with E-state index < -0.39 is 37.3 Å². The van der Waals surface area contributed by atoms with Crippen molar-refractivity contribution in [1.29, 1.82) is 0 Å². The summed E-state index contributed by atoms with van der Waals surface area (Å²) in [4.78, 5) is 37.9. The molecule has 7 N–H and O–H groups in total. The number of carboxylic acids is 1. The number of rotatable bonds is 13. The third-order valence-corrected chi connectivity index (χ3v) is 6.23. The van der Waals surface area contributed by atoms with Gasteiger partial charge in [-0.1, -0.05) is 44.2 Å². The second-order valence-electron chi connectivity index (χ2n) is 7.19.